The summed E-state index contributed by atoms with van der Waals surface area (Å²) < 4.78 is 7.64. The van der Waals surface area contributed by atoms with Crippen LogP contribution in [0, 0.1) is 6.92 Å². The summed E-state index contributed by atoms with van der Waals surface area (Å²) in [4.78, 5) is 14.5. The van der Waals surface area contributed by atoms with Gasteiger partial charge in [0.15, 0.2) is 0 Å². The van der Waals surface area contributed by atoms with Crippen LogP contribution in [0.25, 0.3) is 0 Å². The van der Waals surface area contributed by atoms with Crippen molar-refractivity contribution in [2.45, 2.75) is 33.5 Å². The first-order chi connectivity index (χ1) is 13.9. The summed E-state index contributed by atoms with van der Waals surface area (Å²) in [6.45, 7) is 5.36. The average Bonchev–Trinajstić information content (AvgIpc) is 3.07. The normalized spacial score (nSPS) is 10.8. The van der Waals surface area contributed by atoms with Gasteiger partial charge in [-0.25, -0.2) is 0 Å². The molecular weight excluding hydrogens is 409 g/mol. The number of amides is 1. The van der Waals surface area contributed by atoms with Crippen molar-refractivity contribution in [2.24, 2.45) is 0 Å². The number of aryl methyl sites for hydroxylation is 2. The minimum atomic E-state index is -0.0969. The fraction of sp³-hybridized carbons (Fsp3) is 0.273. The molecule has 0 bridgehead atoms. The molecule has 3 aromatic rings. The molecule has 29 heavy (non-hydrogen) atoms. The number of benzene rings is 2. The number of aromatic nitrogens is 2. The number of carbonyl (C=O) groups is 1. The third-order valence-electron chi connectivity index (χ3n) is 4.59. The van der Waals surface area contributed by atoms with Gasteiger partial charge in [-0.3, -0.25) is 9.48 Å². The fourth-order valence-electron chi connectivity index (χ4n) is 3.01. The van der Waals surface area contributed by atoms with Crippen molar-refractivity contribution in [3.8, 4) is 5.75 Å². The summed E-state index contributed by atoms with van der Waals surface area (Å²) in [5, 5.41) is 5.34. The lowest BCUT2D eigenvalue weighted by Crippen LogP contribution is -2.27. The summed E-state index contributed by atoms with van der Waals surface area (Å²) >= 11 is 12.4. The molecule has 0 spiro atoms. The smallest absolute Gasteiger partial charge is 0.253 e. The number of nitrogens with zero attached hydrogens (tertiary/aromatic N) is 3. The number of hydrogen-bond donors (Lipinski definition) is 0. The number of ether oxygens (including phenoxy) is 1. The number of hydrogen-bond acceptors (Lipinski definition) is 3. The van der Waals surface area contributed by atoms with Crippen LogP contribution in [0.3, 0.4) is 0 Å². The molecule has 152 valence electrons. The lowest BCUT2D eigenvalue weighted by Gasteiger charge is -2.18. The van der Waals surface area contributed by atoms with Gasteiger partial charge in [0.1, 0.15) is 12.4 Å². The Morgan fingerprint density at radius 2 is 1.97 bits per heavy atom. The van der Waals surface area contributed by atoms with Gasteiger partial charge in [0.25, 0.3) is 5.91 Å². The van der Waals surface area contributed by atoms with Gasteiger partial charge in [-0.05, 0) is 49.2 Å². The molecule has 0 fully saturated rings. The summed E-state index contributed by atoms with van der Waals surface area (Å²) in [6, 6.07) is 13.0. The van der Waals surface area contributed by atoms with Gasteiger partial charge < -0.3 is 9.64 Å². The fourth-order valence-corrected chi connectivity index (χ4v) is 3.38. The van der Waals surface area contributed by atoms with Crippen molar-refractivity contribution in [3.63, 3.8) is 0 Å². The van der Waals surface area contributed by atoms with Crippen LogP contribution in [0.5, 0.6) is 5.75 Å². The lowest BCUT2D eigenvalue weighted by molar-refractivity contribution is 0.0781. The third kappa shape index (κ3) is 5.11. The summed E-state index contributed by atoms with van der Waals surface area (Å²) in [7, 11) is 1.75. The van der Waals surface area contributed by atoms with E-state index in [0.717, 1.165) is 16.8 Å². The molecule has 3 rings (SSSR count). The van der Waals surface area contributed by atoms with Gasteiger partial charge in [0, 0.05) is 19.2 Å². The zero-order chi connectivity index (χ0) is 21.0. The molecule has 1 amide bonds. The van der Waals surface area contributed by atoms with E-state index in [1.807, 2.05) is 50.2 Å². The van der Waals surface area contributed by atoms with E-state index in [0.29, 0.717) is 41.1 Å². The highest BCUT2D eigenvalue weighted by Gasteiger charge is 2.17. The SMILES string of the molecule is CCn1ncc(Cl)c1CN(C)C(=O)c1cccc(COc2cc(C)ccc2Cl)c1. The largest absolute Gasteiger partial charge is 0.487 e. The van der Waals surface area contributed by atoms with E-state index in [9.17, 15) is 4.79 Å². The summed E-state index contributed by atoms with van der Waals surface area (Å²) in [5.41, 5.74) is 3.36. The molecule has 0 saturated heterocycles. The summed E-state index contributed by atoms with van der Waals surface area (Å²) in [6.07, 6.45) is 1.60. The van der Waals surface area contributed by atoms with Crippen molar-refractivity contribution in [1.29, 1.82) is 0 Å². The highest BCUT2D eigenvalue weighted by molar-refractivity contribution is 6.32. The molecule has 0 aliphatic rings. The van der Waals surface area contributed by atoms with Gasteiger partial charge in [-0.15, -0.1) is 0 Å². The molecule has 7 heteroatoms. The number of rotatable bonds is 7. The van der Waals surface area contributed by atoms with Crippen LogP contribution in [0.4, 0.5) is 0 Å². The average molecular weight is 432 g/mol. The molecule has 0 atom stereocenters. The Hall–Kier alpha value is -2.50. The van der Waals surface area contributed by atoms with Gasteiger partial charge in [0.05, 0.1) is 28.5 Å². The molecule has 0 aliphatic carbocycles. The van der Waals surface area contributed by atoms with Crippen LogP contribution in [0.15, 0.2) is 48.7 Å². The lowest BCUT2D eigenvalue weighted by atomic mass is 10.1. The van der Waals surface area contributed by atoms with E-state index >= 15 is 0 Å². The molecule has 1 aromatic heterocycles. The molecule has 1 heterocycles. The Kier molecular flexibility index (Phi) is 6.83. The second kappa shape index (κ2) is 9.33. The molecule has 0 unspecified atom stereocenters. The maximum Gasteiger partial charge on any atom is 0.253 e. The van der Waals surface area contributed by atoms with Crippen molar-refractivity contribution in [2.75, 3.05) is 7.05 Å². The van der Waals surface area contributed by atoms with E-state index in [2.05, 4.69) is 5.10 Å². The predicted octanol–water partition coefficient (Wildman–Crippen LogP) is 5.37. The van der Waals surface area contributed by atoms with E-state index in [4.69, 9.17) is 27.9 Å². The minimum absolute atomic E-state index is 0.0969. The van der Waals surface area contributed by atoms with E-state index in [-0.39, 0.29) is 5.91 Å². The summed E-state index contributed by atoms with van der Waals surface area (Å²) in [5.74, 6) is 0.531. The second-order valence-corrected chi connectivity index (χ2v) is 7.65. The topological polar surface area (TPSA) is 47.4 Å². The quantitative estimate of drug-likeness (QED) is 0.504. The van der Waals surface area contributed by atoms with E-state index < -0.39 is 0 Å². The van der Waals surface area contributed by atoms with Gasteiger partial charge >= 0.3 is 0 Å². The molecule has 0 aliphatic heterocycles. The van der Waals surface area contributed by atoms with Crippen molar-refractivity contribution in [1.82, 2.24) is 14.7 Å². The van der Waals surface area contributed by atoms with Crippen LogP contribution >= 0.6 is 23.2 Å². The van der Waals surface area contributed by atoms with Crippen molar-refractivity contribution < 1.29 is 9.53 Å². The Morgan fingerprint density at radius 3 is 2.72 bits per heavy atom. The molecule has 5 nitrogen and oxygen atoms in total. The van der Waals surface area contributed by atoms with Gasteiger partial charge in [-0.1, -0.05) is 41.4 Å². The van der Waals surface area contributed by atoms with Crippen LogP contribution < -0.4 is 4.74 Å². The van der Waals surface area contributed by atoms with Crippen molar-refractivity contribution in [3.05, 3.63) is 81.1 Å². The predicted molar refractivity (Wildman–Crippen MR) is 116 cm³/mol. The Morgan fingerprint density at radius 1 is 1.17 bits per heavy atom. The van der Waals surface area contributed by atoms with Crippen LogP contribution in [-0.2, 0) is 19.7 Å². The zero-order valence-corrected chi connectivity index (χ0v) is 18.2. The van der Waals surface area contributed by atoms with E-state index in [1.54, 1.807) is 28.9 Å². The molecule has 0 radical (unpaired) electrons. The number of halogens is 2. The highest BCUT2D eigenvalue weighted by atomic mass is 35.5. The molecule has 0 saturated carbocycles. The first-order valence-electron chi connectivity index (χ1n) is 9.32. The van der Waals surface area contributed by atoms with Crippen LogP contribution in [-0.4, -0.2) is 27.6 Å². The standard InChI is InChI=1S/C22H23Cl2N3O2/c1-4-27-20(19(24)12-25-27)13-26(3)22(28)17-7-5-6-16(11-17)14-29-21-10-15(2)8-9-18(21)23/h5-12H,4,13-14H2,1-3H3. The van der Waals surface area contributed by atoms with E-state index in [1.165, 1.54) is 0 Å². The molecule has 2 aromatic carbocycles. The Bertz CT molecular complexity index is 1020. The maximum absolute atomic E-state index is 12.9. The monoisotopic (exact) mass is 431 g/mol. The molecular formula is C22H23Cl2N3O2. The number of carbonyl (C=O) groups excluding carboxylic acids is 1. The first-order valence-corrected chi connectivity index (χ1v) is 10.1. The van der Waals surface area contributed by atoms with Crippen LogP contribution in [0.1, 0.15) is 34.1 Å². The third-order valence-corrected chi connectivity index (χ3v) is 5.21. The Balaban J connectivity index is 1.70. The van der Waals surface area contributed by atoms with Crippen LogP contribution in [0.2, 0.25) is 10.0 Å². The minimum Gasteiger partial charge on any atom is -0.487 e. The second-order valence-electron chi connectivity index (χ2n) is 6.84. The highest BCUT2D eigenvalue weighted by Crippen LogP contribution is 2.26. The van der Waals surface area contributed by atoms with Gasteiger partial charge in [0.2, 0.25) is 0 Å². The van der Waals surface area contributed by atoms with Gasteiger partial charge in [-0.2, -0.15) is 5.10 Å². The molecule has 0 N–H and O–H groups in total. The Labute approximate surface area is 180 Å². The first kappa shape index (κ1) is 21.2. The maximum atomic E-state index is 12.9. The van der Waals surface area contributed by atoms with Crippen molar-refractivity contribution >= 4 is 29.1 Å². The zero-order valence-electron chi connectivity index (χ0n) is 16.7.